The number of hydrogen-bond donors (Lipinski definition) is 2. The van der Waals surface area contributed by atoms with E-state index in [9.17, 15) is 14.4 Å². The lowest BCUT2D eigenvalue weighted by molar-refractivity contribution is -0.123. The van der Waals surface area contributed by atoms with Gasteiger partial charge in [0.15, 0.2) is 6.61 Å². The van der Waals surface area contributed by atoms with Crippen molar-refractivity contribution >= 4 is 18.0 Å². The van der Waals surface area contributed by atoms with Crippen LogP contribution >= 0.6 is 0 Å². The Morgan fingerprint density at radius 3 is 2.17 bits per heavy atom. The zero-order chi connectivity index (χ0) is 21.8. The third kappa shape index (κ3) is 8.22. The van der Waals surface area contributed by atoms with Crippen LogP contribution in [0.5, 0.6) is 11.5 Å². The maximum atomic E-state index is 12.1. The number of hydrogen-bond acceptors (Lipinski definition) is 6. The largest absolute Gasteiger partial charge is 0.513 e. The van der Waals surface area contributed by atoms with Crippen LogP contribution < -0.4 is 20.1 Å². The molecule has 0 saturated heterocycles. The number of carbonyl (C=O) groups is 3. The molecule has 0 radical (unpaired) electrons. The van der Waals surface area contributed by atoms with Crippen molar-refractivity contribution in [1.29, 1.82) is 0 Å². The Kier molecular flexibility index (Phi) is 9.18. The topological polar surface area (TPSA) is 103 Å². The molecule has 160 valence electrons. The molecule has 0 unspecified atom stereocenters. The van der Waals surface area contributed by atoms with Crippen LogP contribution in [0.25, 0.3) is 0 Å². The number of aryl methyl sites for hydroxylation is 1. The second-order valence-electron chi connectivity index (χ2n) is 6.37. The zero-order valence-electron chi connectivity index (χ0n) is 17.1. The van der Waals surface area contributed by atoms with Gasteiger partial charge in [0.05, 0.1) is 6.61 Å². The number of carbonyl (C=O) groups excluding carboxylic acids is 3. The van der Waals surface area contributed by atoms with Crippen LogP contribution in [0.4, 0.5) is 4.79 Å². The van der Waals surface area contributed by atoms with Crippen molar-refractivity contribution in [3.8, 4) is 11.5 Å². The van der Waals surface area contributed by atoms with Gasteiger partial charge < -0.3 is 24.8 Å². The Labute approximate surface area is 175 Å². The lowest BCUT2D eigenvalue weighted by Crippen LogP contribution is -2.32. The molecule has 2 aromatic rings. The Bertz CT molecular complexity index is 834. The first-order chi connectivity index (χ1) is 14.5. The van der Waals surface area contributed by atoms with Gasteiger partial charge in [-0.1, -0.05) is 17.7 Å². The van der Waals surface area contributed by atoms with E-state index in [2.05, 4.69) is 15.4 Å². The molecule has 2 aromatic carbocycles. The molecule has 0 bridgehead atoms. The monoisotopic (exact) mass is 414 g/mol. The molecule has 0 spiro atoms. The summed E-state index contributed by atoms with van der Waals surface area (Å²) in [5, 5.41) is 5.50. The van der Waals surface area contributed by atoms with E-state index in [1.165, 1.54) is 12.1 Å². The number of ether oxygens (including phenoxy) is 3. The molecule has 0 fully saturated rings. The van der Waals surface area contributed by atoms with Crippen molar-refractivity contribution in [3.63, 3.8) is 0 Å². The van der Waals surface area contributed by atoms with E-state index >= 15 is 0 Å². The Hall–Kier alpha value is -3.55. The summed E-state index contributed by atoms with van der Waals surface area (Å²) in [6.45, 7) is 4.64. The second-order valence-corrected chi connectivity index (χ2v) is 6.37. The molecule has 8 heteroatoms. The fourth-order valence-electron chi connectivity index (χ4n) is 2.37. The van der Waals surface area contributed by atoms with Crippen molar-refractivity contribution in [2.75, 3.05) is 26.3 Å². The molecule has 0 aliphatic heterocycles. The fraction of sp³-hybridized carbons (Fsp3) is 0.318. The van der Waals surface area contributed by atoms with Crippen LogP contribution in [0.1, 0.15) is 29.3 Å². The van der Waals surface area contributed by atoms with Gasteiger partial charge in [0.2, 0.25) is 0 Å². The summed E-state index contributed by atoms with van der Waals surface area (Å²) in [7, 11) is 0. The molecule has 0 heterocycles. The SMILES string of the molecule is CCOC(=O)Oc1ccc(C(=O)NCCCNC(=O)COc2ccc(C)cc2)cc1. The molecular weight excluding hydrogens is 388 g/mol. The van der Waals surface area contributed by atoms with E-state index in [1.807, 2.05) is 31.2 Å². The molecule has 30 heavy (non-hydrogen) atoms. The van der Waals surface area contributed by atoms with Crippen LogP contribution in [0.3, 0.4) is 0 Å². The predicted octanol–water partition coefficient (Wildman–Crippen LogP) is 2.85. The van der Waals surface area contributed by atoms with Gasteiger partial charge in [0, 0.05) is 18.7 Å². The highest BCUT2D eigenvalue weighted by Gasteiger charge is 2.08. The van der Waals surface area contributed by atoms with E-state index in [0.717, 1.165) is 5.56 Å². The molecule has 0 aromatic heterocycles. The van der Waals surface area contributed by atoms with Crippen LogP contribution in [0.15, 0.2) is 48.5 Å². The van der Waals surface area contributed by atoms with Crippen molar-refractivity contribution in [3.05, 3.63) is 59.7 Å². The van der Waals surface area contributed by atoms with Crippen LogP contribution in [-0.2, 0) is 9.53 Å². The number of benzene rings is 2. The highest BCUT2D eigenvalue weighted by atomic mass is 16.7. The molecule has 0 aliphatic rings. The van der Waals surface area contributed by atoms with E-state index < -0.39 is 6.16 Å². The third-order valence-electron chi connectivity index (χ3n) is 3.93. The highest BCUT2D eigenvalue weighted by Crippen LogP contribution is 2.13. The normalized spacial score (nSPS) is 10.1. The van der Waals surface area contributed by atoms with E-state index in [1.54, 1.807) is 19.1 Å². The summed E-state index contributed by atoms with van der Waals surface area (Å²) in [5.41, 5.74) is 1.55. The van der Waals surface area contributed by atoms with Crippen LogP contribution in [0.2, 0.25) is 0 Å². The van der Waals surface area contributed by atoms with E-state index in [-0.39, 0.29) is 25.0 Å². The highest BCUT2D eigenvalue weighted by molar-refractivity contribution is 5.94. The Morgan fingerprint density at radius 1 is 0.867 bits per heavy atom. The number of rotatable bonds is 10. The van der Waals surface area contributed by atoms with Gasteiger partial charge in [-0.25, -0.2) is 4.79 Å². The lowest BCUT2D eigenvalue weighted by Gasteiger charge is -2.09. The minimum absolute atomic E-state index is 0.0599. The van der Waals surface area contributed by atoms with E-state index in [4.69, 9.17) is 9.47 Å². The number of amides is 2. The second kappa shape index (κ2) is 12.1. The maximum Gasteiger partial charge on any atom is 0.513 e. The minimum Gasteiger partial charge on any atom is -0.484 e. The average Bonchev–Trinajstić information content (AvgIpc) is 2.73. The van der Waals surface area contributed by atoms with Crippen molar-refractivity contribution < 1.29 is 28.6 Å². The smallest absolute Gasteiger partial charge is 0.484 e. The summed E-state index contributed by atoms with van der Waals surface area (Å²) < 4.78 is 15.0. The van der Waals surface area contributed by atoms with Gasteiger partial charge in [0.25, 0.3) is 11.8 Å². The third-order valence-corrected chi connectivity index (χ3v) is 3.93. The van der Waals surface area contributed by atoms with Gasteiger partial charge >= 0.3 is 6.16 Å². The van der Waals surface area contributed by atoms with Crippen LogP contribution in [-0.4, -0.2) is 44.3 Å². The molecule has 0 saturated carbocycles. The molecule has 0 atom stereocenters. The Balaban J connectivity index is 1.60. The predicted molar refractivity (Wildman–Crippen MR) is 111 cm³/mol. The van der Waals surface area contributed by atoms with Crippen molar-refractivity contribution in [1.82, 2.24) is 10.6 Å². The molecular formula is C22H26N2O6. The van der Waals surface area contributed by atoms with Gasteiger partial charge in [-0.15, -0.1) is 0 Å². The maximum absolute atomic E-state index is 12.1. The minimum atomic E-state index is -0.791. The molecule has 2 rings (SSSR count). The Morgan fingerprint density at radius 2 is 1.50 bits per heavy atom. The first kappa shape index (κ1) is 22.7. The summed E-state index contributed by atoms with van der Waals surface area (Å²) >= 11 is 0. The average molecular weight is 414 g/mol. The number of nitrogens with one attached hydrogen (secondary N) is 2. The zero-order valence-corrected chi connectivity index (χ0v) is 17.1. The van der Waals surface area contributed by atoms with Gasteiger partial charge in [-0.2, -0.15) is 0 Å². The first-order valence-electron chi connectivity index (χ1n) is 9.67. The molecule has 2 amide bonds. The summed E-state index contributed by atoms with van der Waals surface area (Å²) in [6, 6.07) is 13.6. The van der Waals surface area contributed by atoms with Crippen molar-refractivity contribution in [2.45, 2.75) is 20.3 Å². The van der Waals surface area contributed by atoms with Crippen LogP contribution in [0, 0.1) is 6.92 Å². The van der Waals surface area contributed by atoms with Gasteiger partial charge in [-0.3, -0.25) is 9.59 Å². The first-order valence-corrected chi connectivity index (χ1v) is 9.67. The molecule has 8 nitrogen and oxygen atoms in total. The van der Waals surface area contributed by atoms with Gasteiger partial charge in [-0.05, 0) is 56.7 Å². The van der Waals surface area contributed by atoms with E-state index in [0.29, 0.717) is 36.6 Å². The molecule has 2 N–H and O–H groups in total. The fourth-order valence-corrected chi connectivity index (χ4v) is 2.37. The quantitative estimate of drug-likeness (QED) is 0.352. The summed E-state index contributed by atoms with van der Waals surface area (Å²) in [5.74, 6) is 0.452. The summed E-state index contributed by atoms with van der Waals surface area (Å²) in [6.07, 6.45) is -0.215. The van der Waals surface area contributed by atoms with Crippen molar-refractivity contribution in [2.24, 2.45) is 0 Å². The summed E-state index contributed by atoms with van der Waals surface area (Å²) in [4.78, 5) is 35.1. The lowest BCUT2D eigenvalue weighted by atomic mass is 10.2. The standard InChI is InChI=1S/C22H26N2O6/c1-3-28-22(27)30-19-11-7-17(8-12-19)21(26)24-14-4-13-23-20(25)15-29-18-9-5-16(2)6-10-18/h5-12H,3-4,13-15H2,1-2H3,(H,23,25)(H,24,26). The van der Waals surface area contributed by atoms with Gasteiger partial charge in [0.1, 0.15) is 11.5 Å². The molecule has 0 aliphatic carbocycles.